The fourth-order valence-corrected chi connectivity index (χ4v) is 4.25. The van der Waals surface area contributed by atoms with Crippen LogP contribution in [0.25, 0.3) is 0 Å². The number of aromatic nitrogens is 2. The lowest BCUT2D eigenvalue weighted by molar-refractivity contribution is 0.191. The van der Waals surface area contributed by atoms with Gasteiger partial charge in [0, 0.05) is 10.5 Å². The molecular weight excluding hydrogens is 300 g/mol. The van der Waals surface area contributed by atoms with E-state index in [1.54, 1.807) is 37.1 Å². The normalized spacial score (nSPS) is 12.4. The Morgan fingerprint density at radius 2 is 2.05 bits per heavy atom. The Hall–Kier alpha value is -0.760. The van der Waals surface area contributed by atoms with Gasteiger partial charge in [0.25, 0.3) is 0 Å². The van der Waals surface area contributed by atoms with Gasteiger partial charge in [0.05, 0.1) is 13.2 Å². The van der Waals surface area contributed by atoms with Gasteiger partial charge in [0.1, 0.15) is 5.75 Å². The summed E-state index contributed by atoms with van der Waals surface area (Å²) >= 11 is 4.62. The van der Waals surface area contributed by atoms with Crippen molar-refractivity contribution in [1.29, 1.82) is 0 Å². The summed E-state index contributed by atoms with van der Waals surface area (Å²) in [6.07, 6.45) is 1.38. The number of rotatable bonds is 5. The molecule has 0 spiro atoms. The summed E-state index contributed by atoms with van der Waals surface area (Å²) in [7, 11) is 1.60. The van der Waals surface area contributed by atoms with E-state index in [4.69, 9.17) is 4.74 Å². The molecule has 0 radical (unpaired) electrons. The van der Waals surface area contributed by atoms with Gasteiger partial charge in [-0.15, -0.1) is 10.2 Å². The highest BCUT2D eigenvalue weighted by atomic mass is 32.2. The largest absolute Gasteiger partial charge is 0.496 e. The van der Waals surface area contributed by atoms with Crippen LogP contribution in [0, 0.1) is 0 Å². The zero-order valence-corrected chi connectivity index (χ0v) is 13.2. The van der Waals surface area contributed by atoms with Crippen LogP contribution in [0.2, 0.25) is 0 Å². The number of hydrogen-bond acceptors (Lipinski definition) is 7. The number of aliphatic hydroxyl groups excluding tert-OH is 1. The lowest BCUT2D eigenvalue weighted by Gasteiger charge is -2.14. The SMILES string of the molecule is COc1cccc(Sc2nnc(SC)s2)c1C(C)O. The Morgan fingerprint density at radius 1 is 1.32 bits per heavy atom. The Bertz CT molecular complexity index is 558. The highest BCUT2D eigenvalue weighted by molar-refractivity contribution is 8.03. The molecule has 0 aliphatic carbocycles. The van der Waals surface area contributed by atoms with Crippen molar-refractivity contribution in [2.75, 3.05) is 13.4 Å². The standard InChI is InChI=1S/C12H14N2O2S3/c1-7(15)10-8(16-2)5-4-6-9(10)18-12-14-13-11(17-3)19-12/h4-7,15H,1-3H3. The Kier molecular flexibility index (Phi) is 5.09. The van der Waals surface area contributed by atoms with Crippen molar-refractivity contribution >= 4 is 34.9 Å². The highest BCUT2D eigenvalue weighted by Crippen LogP contribution is 2.39. The molecule has 1 heterocycles. The molecule has 19 heavy (non-hydrogen) atoms. The summed E-state index contributed by atoms with van der Waals surface area (Å²) in [5, 5.41) is 18.1. The van der Waals surface area contributed by atoms with Crippen molar-refractivity contribution in [3.8, 4) is 5.75 Å². The molecule has 0 aliphatic rings. The fourth-order valence-electron chi connectivity index (χ4n) is 1.62. The quantitative estimate of drug-likeness (QED) is 0.853. The van der Waals surface area contributed by atoms with Crippen molar-refractivity contribution < 1.29 is 9.84 Å². The minimum Gasteiger partial charge on any atom is -0.496 e. The topological polar surface area (TPSA) is 55.2 Å². The molecule has 2 rings (SSSR count). The molecule has 4 nitrogen and oxygen atoms in total. The third kappa shape index (κ3) is 3.42. The molecule has 1 aromatic heterocycles. The molecule has 1 aromatic carbocycles. The Labute approximate surface area is 124 Å². The van der Waals surface area contributed by atoms with E-state index < -0.39 is 6.10 Å². The number of ether oxygens (including phenoxy) is 1. The van der Waals surface area contributed by atoms with Gasteiger partial charge in [-0.1, -0.05) is 40.9 Å². The molecule has 102 valence electrons. The molecule has 0 saturated carbocycles. The van der Waals surface area contributed by atoms with Crippen LogP contribution in [0.4, 0.5) is 0 Å². The second-order valence-corrected chi connectivity index (χ2v) is 7.01. The Balaban J connectivity index is 2.33. The van der Waals surface area contributed by atoms with Crippen LogP contribution in [-0.2, 0) is 0 Å². The van der Waals surface area contributed by atoms with Gasteiger partial charge >= 0.3 is 0 Å². The number of benzene rings is 1. The Morgan fingerprint density at radius 3 is 2.63 bits per heavy atom. The van der Waals surface area contributed by atoms with Gasteiger partial charge in [-0.2, -0.15) is 0 Å². The van der Waals surface area contributed by atoms with Crippen LogP contribution >= 0.6 is 34.9 Å². The molecule has 0 saturated heterocycles. The van der Waals surface area contributed by atoms with Gasteiger partial charge < -0.3 is 9.84 Å². The van der Waals surface area contributed by atoms with E-state index in [0.29, 0.717) is 5.75 Å². The summed E-state index contributed by atoms with van der Waals surface area (Å²) < 4.78 is 7.10. The molecule has 1 unspecified atom stereocenters. The van der Waals surface area contributed by atoms with Crippen LogP contribution < -0.4 is 4.74 Å². The van der Waals surface area contributed by atoms with Crippen LogP contribution in [0.1, 0.15) is 18.6 Å². The van der Waals surface area contributed by atoms with E-state index in [1.165, 1.54) is 11.8 Å². The van der Waals surface area contributed by atoms with Crippen molar-refractivity contribution in [2.45, 2.75) is 26.6 Å². The smallest absolute Gasteiger partial charge is 0.179 e. The summed E-state index contributed by atoms with van der Waals surface area (Å²) in [5.41, 5.74) is 0.788. The highest BCUT2D eigenvalue weighted by Gasteiger charge is 2.16. The van der Waals surface area contributed by atoms with Gasteiger partial charge in [-0.05, 0) is 25.3 Å². The predicted molar refractivity (Wildman–Crippen MR) is 79.4 cm³/mol. The first-order valence-electron chi connectivity index (χ1n) is 5.56. The first kappa shape index (κ1) is 14.6. The van der Waals surface area contributed by atoms with E-state index in [2.05, 4.69) is 10.2 Å². The molecule has 0 bridgehead atoms. The number of aliphatic hydroxyl groups is 1. The number of thioether (sulfide) groups is 1. The maximum absolute atomic E-state index is 9.92. The molecule has 0 fully saturated rings. The zero-order valence-electron chi connectivity index (χ0n) is 10.8. The van der Waals surface area contributed by atoms with Crippen molar-refractivity contribution in [2.24, 2.45) is 0 Å². The molecule has 0 aliphatic heterocycles. The maximum Gasteiger partial charge on any atom is 0.179 e. The second-order valence-electron chi connectivity index (χ2n) is 3.69. The number of hydrogen-bond donors (Lipinski definition) is 1. The van der Waals surface area contributed by atoms with Crippen LogP contribution in [0.15, 0.2) is 31.8 Å². The number of nitrogens with zero attached hydrogens (tertiary/aromatic N) is 2. The fraction of sp³-hybridized carbons (Fsp3) is 0.333. The maximum atomic E-state index is 9.92. The monoisotopic (exact) mass is 314 g/mol. The third-order valence-electron chi connectivity index (χ3n) is 2.42. The first-order chi connectivity index (χ1) is 9.15. The van der Waals surface area contributed by atoms with Crippen molar-refractivity contribution in [3.63, 3.8) is 0 Å². The van der Waals surface area contributed by atoms with Crippen LogP contribution in [-0.4, -0.2) is 28.7 Å². The average molecular weight is 314 g/mol. The molecular formula is C12H14N2O2S3. The molecule has 0 amide bonds. The van der Waals surface area contributed by atoms with Gasteiger partial charge in [0.15, 0.2) is 8.68 Å². The molecule has 1 atom stereocenters. The minimum absolute atomic E-state index is 0.591. The van der Waals surface area contributed by atoms with Crippen molar-refractivity contribution in [3.05, 3.63) is 23.8 Å². The average Bonchev–Trinajstić information content (AvgIpc) is 2.85. The first-order valence-corrected chi connectivity index (χ1v) is 8.41. The van der Waals surface area contributed by atoms with Gasteiger partial charge in [0.2, 0.25) is 0 Å². The molecule has 7 heteroatoms. The summed E-state index contributed by atoms with van der Waals surface area (Å²) in [4.78, 5) is 0.943. The van der Waals surface area contributed by atoms with Gasteiger partial charge in [-0.25, -0.2) is 0 Å². The lowest BCUT2D eigenvalue weighted by atomic mass is 10.1. The van der Waals surface area contributed by atoms with E-state index >= 15 is 0 Å². The van der Waals surface area contributed by atoms with E-state index in [0.717, 1.165) is 19.1 Å². The molecule has 2 aromatic rings. The zero-order chi connectivity index (χ0) is 13.8. The van der Waals surface area contributed by atoms with Crippen LogP contribution in [0.3, 0.4) is 0 Å². The minimum atomic E-state index is -0.591. The van der Waals surface area contributed by atoms with Crippen molar-refractivity contribution in [1.82, 2.24) is 10.2 Å². The lowest BCUT2D eigenvalue weighted by Crippen LogP contribution is -1.98. The summed E-state index contributed by atoms with van der Waals surface area (Å²) in [6, 6.07) is 5.71. The summed E-state index contributed by atoms with van der Waals surface area (Å²) in [5.74, 6) is 0.689. The van der Waals surface area contributed by atoms with E-state index in [9.17, 15) is 5.11 Å². The summed E-state index contributed by atoms with van der Waals surface area (Å²) in [6.45, 7) is 1.73. The predicted octanol–water partition coefficient (Wildman–Crippen LogP) is 3.47. The third-order valence-corrected chi connectivity index (χ3v) is 5.45. The molecule has 1 N–H and O–H groups in total. The second kappa shape index (κ2) is 6.60. The van der Waals surface area contributed by atoms with E-state index in [-0.39, 0.29) is 0 Å². The number of methoxy groups -OCH3 is 1. The van der Waals surface area contributed by atoms with Gasteiger partial charge in [-0.3, -0.25) is 0 Å². The van der Waals surface area contributed by atoms with Crippen LogP contribution in [0.5, 0.6) is 5.75 Å². The van der Waals surface area contributed by atoms with E-state index in [1.807, 2.05) is 24.5 Å².